The fraction of sp³-hybridized carbons (Fsp3) is 0.0714. The molecule has 192 valence electrons. The number of urea groups is 2. The van der Waals surface area contributed by atoms with Crippen LogP contribution in [0.1, 0.15) is 5.56 Å². The Morgan fingerprint density at radius 3 is 2.18 bits per heavy atom. The highest BCUT2D eigenvalue weighted by Gasteiger charge is 2.32. The number of carbonyl (C=O) groups is 2. The molecule has 5 rings (SSSR count). The van der Waals surface area contributed by atoms with Crippen LogP contribution in [-0.2, 0) is 6.18 Å². The van der Waals surface area contributed by atoms with Crippen LogP contribution in [0.25, 0.3) is 11.1 Å². The van der Waals surface area contributed by atoms with E-state index in [1.165, 1.54) is 22.0 Å². The largest absolute Gasteiger partial charge is 0.416 e. The second-order valence-corrected chi connectivity index (χ2v) is 8.45. The molecule has 4 aromatic carbocycles. The van der Waals surface area contributed by atoms with Gasteiger partial charge in [-0.25, -0.2) is 15.0 Å². The average molecular weight is 518 g/mol. The first-order chi connectivity index (χ1) is 18.3. The molecule has 4 aromatic rings. The van der Waals surface area contributed by atoms with Gasteiger partial charge in [0.1, 0.15) is 6.67 Å². The Balaban J connectivity index is 1.52. The van der Waals surface area contributed by atoms with E-state index in [1.807, 2.05) is 30.3 Å². The molecular formula is C28H22F3N5O2. The first-order valence-corrected chi connectivity index (χ1v) is 11.6. The number of nitrogens with one attached hydrogen (secondary N) is 3. The lowest BCUT2D eigenvalue weighted by Gasteiger charge is -2.26. The van der Waals surface area contributed by atoms with Gasteiger partial charge in [-0.3, -0.25) is 9.91 Å². The molecule has 7 nitrogen and oxygen atoms in total. The number of amides is 4. The van der Waals surface area contributed by atoms with Crippen molar-refractivity contribution in [1.82, 2.24) is 10.7 Å². The van der Waals surface area contributed by atoms with Crippen molar-refractivity contribution in [3.05, 3.63) is 109 Å². The van der Waals surface area contributed by atoms with E-state index in [-0.39, 0.29) is 12.4 Å². The van der Waals surface area contributed by atoms with Gasteiger partial charge in [0.15, 0.2) is 0 Å². The van der Waals surface area contributed by atoms with Crippen LogP contribution in [0.2, 0.25) is 0 Å². The SMILES string of the molecule is O=C1NCN(c2ccccc2NC(=O)N(c2ccc(-c3ccccc3)cc2)c2cccc(C(F)(F)F)c2)N1. The minimum atomic E-state index is -4.58. The molecular weight excluding hydrogens is 495 g/mol. The van der Waals surface area contributed by atoms with E-state index in [4.69, 9.17) is 0 Å². The van der Waals surface area contributed by atoms with Crippen molar-refractivity contribution in [2.45, 2.75) is 6.18 Å². The Labute approximate surface area is 216 Å². The number of hydrazine groups is 1. The van der Waals surface area contributed by atoms with Gasteiger partial charge in [-0.2, -0.15) is 13.2 Å². The number of para-hydroxylation sites is 2. The molecule has 0 aliphatic carbocycles. The minimum absolute atomic E-state index is 0.0402. The number of carbonyl (C=O) groups excluding carboxylic acids is 2. The molecule has 1 saturated heterocycles. The number of nitrogens with zero attached hydrogens (tertiary/aromatic N) is 2. The van der Waals surface area contributed by atoms with Crippen LogP contribution in [0.15, 0.2) is 103 Å². The second kappa shape index (κ2) is 10.2. The maximum absolute atomic E-state index is 13.7. The van der Waals surface area contributed by atoms with Crippen LogP contribution in [0, 0.1) is 0 Å². The summed E-state index contributed by atoms with van der Waals surface area (Å²) in [6.07, 6.45) is -4.58. The highest BCUT2D eigenvalue weighted by molar-refractivity contribution is 6.08. The summed E-state index contributed by atoms with van der Waals surface area (Å²) in [5.74, 6) is 0. The molecule has 0 saturated carbocycles. The standard InChI is InChI=1S/C28H22F3N5O2/c29-28(30,31)21-9-6-10-23(17-21)36(22-15-13-20(14-16-22)19-7-2-1-3-8-19)27(38)33-24-11-4-5-12-25(24)35-18-32-26(37)34-35/h1-17H,18H2,(H,33,38)(H2,32,34,37). The predicted octanol–water partition coefficient (Wildman–Crippen LogP) is 6.73. The smallest absolute Gasteiger partial charge is 0.317 e. The zero-order valence-electron chi connectivity index (χ0n) is 19.9. The Bertz CT molecular complexity index is 1460. The van der Waals surface area contributed by atoms with Crippen molar-refractivity contribution >= 4 is 34.8 Å². The summed E-state index contributed by atoms with van der Waals surface area (Å²) in [6.45, 7) is 0.171. The molecule has 1 aliphatic rings. The summed E-state index contributed by atoms with van der Waals surface area (Å²) in [5.41, 5.74) is 4.87. The van der Waals surface area contributed by atoms with E-state index >= 15 is 0 Å². The molecule has 0 atom stereocenters. The van der Waals surface area contributed by atoms with Gasteiger partial charge in [0, 0.05) is 0 Å². The Hall–Kier alpha value is -4.99. The zero-order valence-corrected chi connectivity index (χ0v) is 19.9. The molecule has 0 unspecified atom stereocenters. The highest BCUT2D eigenvalue weighted by Crippen LogP contribution is 2.35. The summed E-state index contributed by atoms with van der Waals surface area (Å²) in [5, 5.41) is 6.91. The van der Waals surface area contributed by atoms with Crippen molar-refractivity contribution in [2.24, 2.45) is 0 Å². The Kier molecular flexibility index (Phi) is 6.61. The molecule has 38 heavy (non-hydrogen) atoms. The van der Waals surface area contributed by atoms with E-state index in [2.05, 4.69) is 16.1 Å². The topological polar surface area (TPSA) is 76.7 Å². The fourth-order valence-corrected chi connectivity index (χ4v) is 4.12. The van der Waals surface area contributed by atoms with Crippen LogP contribution >= 0.6 is 0 Å². The van der Waals surface area contributed by atoms with Gasteiger partial charge in [0.2, 0.25) is 0 Å². The van der Waals surface area contributed by atoms with Gasteiger partial charge >= 0.3 is 18.2 Å². The second-order valence-electron chi connectivity index (χ2n) is 8.45. The van der Waals surface area contributed by atoms with Crippen molar-refractivity contribution in [3.63, 3.8) is 0 Å². The van der Waals surface area contributed by atoms with Gasteiger partial charge in [0.25, 0.3) is 0 Å². The first-order valence-electron chi connectivity index (χ1n) is 11.6. The van der Waals surface area contributed by atoms with E-state index in [0.717, 1.165) is 23.3 Å². The van der Waals surface area contributed by atoms with Gasteiger partial charge in [0.05, 0.1) is 28.3 Å². The number of rotatable bonds is 5. The van der Waals surface area contributed by atoms with E-state index in [9.17, 15) is 22.8 Å². The van der Waals surface area contributed by atoms with Crippen LogP contribution in [-0.4, -0.2) is 18.7 Å². The maximum Gasteiger partial charge on any atom is 0.416 e. The summed E-state index contributed by atoms with van der Waals surface area (Å²) in [4.78, 5) is 26.5. The first kappa shape index (κ1) is 24.7. The van der Waals surface area contributed by atoms with E-state index < -0.39 is 23.8 Å². The number of hydrogen-bond donors (Lipinski definition) is 3. The molecule has 0 bridgehead atoms. The molecule has 3 N–H and O–H groups in total. The third-order valence-corrected chi connectivity index (χ3v) is 5.94. The van der Waals surface area contributed by atoms with Crippen molar-refractivity contribution in [1.29, 1.82) is 0 Å². The van der Waals surface area contributed by atoms with Crippen molar-refractivity contribution in [3.8, 4) is 11.1 Å². The normalized spacial score (nSPS) is 13.0. The molecule has 1 heterocycles. The Morgan fingerprint density at radius 1 is 0.816 bits per heavy atom. The van der Waals surface area contributed by atoms with E-state index in [0.29, 0.717) is 17.1 Å². The van der Waals surface area contributed by atoms with Gasteiger partial charge in [-0.05, 0) is 53.6 Å². The van der Waals surface area contributed by atoms with Crippen molar-refractivity contribution in [2.75, 3.05) is 21.9 Å². The fourth-order valence-electron chi connectivity index (χ4n) is 4.12. The molecule has 4 amide bonds. The minimum Gasteiger partial charge on any atom is -0.317 e. The third kappa shape index (κ3) is 5.24. The number of hydrogen-bond acceptors (Lipinski definition) is 3. The lowest BCUT2D eigenvalue weighted by Crippen LogP contribution is -2.35. The molecule has 1 fully saturated rings. The summed E-state index contributed by atoms with van der Waals surface area (Å²) in [6, 6.07) is 26.9. The molecule has 0 spiro atoms. The third-order valence-electron chi connectivity index (χ3n) is 5.94. The average Bonchev–Trinajstić information content (AvgIpc) is 3.36. The molecule has 1 aliphatic heterocycles. The van der Waals surface area contributed by atoms with Gasteiger partial charge in [-0.1, -0.05) is 60.7 Å². The summed E-state index contributed by atoms with van der Waals surface area (Å²) < 4.78 is 40.5. The lowest BCUT2D eigenvalue weighted by atomic mass is 10.1. The van der Waals surface area contributed by atoms with Gasteiger partial charge in [-0.15, -0.1) is 0 Å². The maximum atomic E-state index is 13.7. The number of alkyl halides is 3. The number of halogens is 3. The zero-order chi connectivity index (χ0) is 26.7. The quantitative estimate of drug-likeness (QED) is 0.275. The van der Waals surface area contributed by atoms with Crippen LogP contribution < -0.4 is 26.0 Å². The molecule has 10 heteroatoms. The van der Waals surface area contributed by atoms with E-state index in [1.54, 1.807) is 48.5 Å². The predicted molar refractivity (Wildman–Crippen MR) is 140 cm³/mol. The molecule has 0 radical (unpaired) electrons. The highest BCUT2D eigenvalue weighted by atomic mass is 19.4. The lowest BCUT2D eigenvalue weighted by molar-refractivity contribution is -0.137. The van der Waals surface area contributed by atoms with Crippen LogP contribution in [0.4, 0.5) is 45.5 Å². The monoisotopic (exact) mass is 517 g/mol. The van der Waals surface area contributed by atoms with Crippen LogP contribution in [0.5, 0.6) is 0 Å². The van der Waals surface area contributed by atoms with Gasteiger partial charge < -0.3 is 10.6 Å². The Morgan fingerprint density at radius 2 is 1.50 bits per heavy atom. The molecule has 0 aromatic heterocycles. The summed E-state index contributed by atoms with van der Waals surface area (Å²) in [7, 11) is 0. The number of anilines is 4. The number of benzene rings is 4. The van der Waals surface area contributed by atoms with Crippen molar-refractivity contribution < 1.29 is 22.8 Å². The van der Waals surface area contributed by atoms with Crippen LogP contribution in [0.3, 0.4) is 0 Å². The summed E-state index contributed by atoms with van der Waals surface area (Å²) >= 11 is 0.